The summed E-state index contributed by atoms with van der Waals surface area (Å²) < 4.78 is 13.5. The molecule has 0 bridgehead atoms. The van der Waals surface area contributed by atoms with Gasteiger partial charge < -0.3 is 10.0 Å². The maximum Gasteiger partial charge on any atom is 0.292 e. The van der Waals surface area contributed by atoms with Crippen molar-refractivity contribution in [3.05, 3.63) is 70.0 Å². The van der Waals surface area contributed by atoms with Crippen molar-refractivity contribution in [1.82, 2.24) is 0 Å². The highest BCUT2D eigenvalue weighted by Crippen LogP contribution is 2.32. The number of aromatic hydroxyl groups is 1. The van der Waals surface area contributed by atoms with Crippen LogP contribution in [0.15, 0.2) is 48.5 Å². The average Bonchev–Trinajstić information content (AvgIpc) is 2.55. The molecule has 1 aliphatic heterocycles. The number of hydrogen-bond acceptors (Lipinski definition) is 4. The SMILES string of the molecule is O=[N+]([O-])c1ccc(F)cc1N1CC=C(c2ccc(O)cc2)CC1. The molecule has 0 saturated heterocycles. The van der Waals surface area contributed by atoms with Gasteiger partial charge in [0.05, 0.1) is 4.92 Å². The lowest BCUT2D eigenvalue weighted by Gasteiger charge is -2.28. The van der Waals surface area contributed by atoms with Crippen LogP contribution >= 0.6 is 0 Å². The first-order valence-corrected chi connectivity index (χ1v) is 7.22. The fourth-order valence-corrected chi connectivity index (χ4v) is 2.73. The zero-order valence-electron chi connectivity index (χ0n) is 12.3. The van der Waals surface area contributed by atoms with Gasteiger partial charge in [-0.2, -0.15) is 0 Å². The van der Waals surface area contributed by atoms with Crippen LogP contribution in [-0.2, 0) is 0 Å². The Kier molecular flexibility index (Phi) is 3.97. The number of phenolic OH excluding ortho intramolecular Hbond substituents is 1. The van der Waals surface area contributed by atoms with Gasteiger partial charge in [-0.25, -0.2) is 4.39 Å². The Labute approximate surface area is 132 Å². The fourth-order valence-electron chi connectivity index (χ4n) is 2.73. The molecule has 0 radical (unpaired) electrons. The molecule has 5 nitrogen and oxygen atoms in total. The summed E-state index contributed by atoms with van der Waals surface area (Å²) >= 11 is 0. The van der Waals surface area contributed by atoms with Crippen molar-refractivity contribution >= 4 is 16.9 Å². The first-order valence-electron chi connectivity index (χ1n) is 7.22. The van der Waals surface area contributed by atoms with E-state index >= 15 is 0 Å². The van der Waals surface area contributed by atoms with Gasteiger partial charge in [0.1, 0.15) is 17.3 Å². The Bertz CT molecular complexity index is 772. The van der Waals surface area contributed by atoms with Gasteiger partial charge >= 0.3 is 0 Å². The van der Waals surface area contributed by atoms with E-state index in [1.54, 1.807) is 17.0 Å². The minimum Gasteiger partial charge on any atom is -0.508 e. The predicted molar refractivity (Wildman–Crippen MR) is 86.0 cm³/mol. The van der Waals surface area contributed by atoms with Gasteiger partial charge in [0.2, 0.25) is 0 Å². The smallest absolute Gasteiger partial charge is 0.292 e. The number of anilines is 1. The molecule has 0 saturated carbocycles. The van der Waals surface area contributed by atoms with Gasteiger partial charge in [-0.3, -0.25) is 10.1 Å². The highest BCUT2D eigenvalue weighted by Gasteiger charge is 2.22. The van der Waals surface area contributed by atoms with Gasteiger partial charge in [-0.05, 0) is 35.8 Å². The van der Waals surface area contributed by atoms with Crippen LogP contribution in [0.25, 0.3) is 5.57 Å². The number of benzene rings is 2. The number of rotatable bonds is 3. The van der Waals surface area contributed by atoms with Crippen molar-refractivity contribution in [2.24, 2.45) is 0 Å². The molecule has 2 aromatic rings. The highest BCUT2D eigenvalue weighted by molar-refractivity contribution is 5.71. The Morgan fingerprint density at radius 1 is 1.17 bits per heavy atom. The van der Waals surface area contributed by atoms with E-state index in [1.165, 1.54) is 12.1 Å². The van der Waals surface area contributed by atoms with Crippen LogP contribution in [0.3, 0.4) is 0 Å². The molecule has 23 heavy (non-hydrogen) atoms. The molecule has 0 aliphatic carbocycles. The third-order valence-corrected chi connectivity index (χ3v) is 3.92. The maximum atomic E-state index is 13.5. The van der Waals surface area contributed by atoms with Gasteiger partial charge in [0.15, 0.2) is 0 Å². The zero-order chi connectivity index (χ0) is 16.4. The van der Waals surface area contributed by atoms with Crippen LogP contribution in [0, 0.1) is 15.9 Å². The van der Waals surface area contributed by atoms with Crippen molar-refractivity contribution in [1.29, 1.82) is 0 Å². The number of nitrogens with zero attached hydrogens (tertiary/aromatic N) is 2. The van der Waals surface area contributed by atoms with Crippen molar-refractivity contribution in [3.8, 4) is 5.75 Å². The molecule has 1 aliphatic rings. The van der Waals surface area contributed by atoms with Crippen molar-refractivity contribution in [2.75, 3.05) is 18.0 Å². The molecule has 0 amide bonds. The Morgan fingerprint density at radius 3 is 2.52 bits per heavy atom. The van der Waals surface area contributed by atoms with Crippen molar-refractivity contribution in [3.63, 3.8) is 0 Å². The highest BCUT2D eigenvalue weighted by atomic mass is 19.1. The van der Waals surface area contributed by atoms with E-state index in [4.69, 9.17) is 0 Å². The van der Waals surface area contributed by atoms with E-state index in [9.17, 15) is 19.6 Å². The predicted octanol–water partition coefficient (Wildman–Crippen LogP) is 3.73. The molecule has 1 N–H and O–H groups in total. The summed E-state index contributed by atoms with van der Waals surface area (Å²) in [5.41, 5.74) is 2.33. The first kappa shape index (κ1) is 15.0. The Balaban J connectivity index is 1.85. The summed E-state index contributed by atoms with van der Waals surface area (Å²) in [4.78, 5) is 12.4. The minimum atomic E-state index is -0.492. The molecule has 118 valence electrons. The third-order valence-electron chi connectivity index (χ3n) is 3.92. The molecule has 0 atom stereocenters. The maximum absolute atomic E-state index is 13.5. The van der Waals surface area contributed by atoms with Crippen LogP contribution in [0.4, 0.5) is 15.8 Å². The topological polar surface area (TPSA) is 66.6 Å². The van der Waals surface area contributed by atoms with Gasteiger partial charge in [0.25, 0.3) is 5.69 Å². The van der Waals surface area contributed by atoms with Gasteiger partial charge in [0, 0.05) is 25.2 Å². The molecule has 0 spiro atoms. The summed E-state index contributed by atoms with van der Waals surface area (Å²) in [5.74, 6) is -0.277. The third kappa shape index (κ3) is 3.15. The molecule has 0 unspecified atom stereocenters. The molecule has 3 rings (SSSR count). The molecule has 2 aromatic carbocycles. The van der Waals surface area contributed by atoms with E-state index < -0.39 is 10.7 Å². The van der Waals surface area contributed by atoms with Gasteiger partial charge in [-0.1, -0.05) is 18.2 Å². The Morgan fingerprint density at radius 2 is 1.91 bits per heavy atom. The van der Waals surface area contributed by atoms with E-state index in [-0.39, 0.29) is 11.4 Å². The lowest BCUT2D eigenvalue weighted by molar-refractivity contribution is -0.384. The molecule has 1 heterocycles. The van der Waals surface area contributed by atoms with E-state index in [2.05, 4.69) is 0 Å². The van der Waals surface area contributed by atoms with Crippen molar-refractivity contribution < 1.29 is 14.4 Å². The minimum absolute atomic E-state index is 0.0899. The van der Waals surface area contributed by atoms with Crippen LogP contribution in [0.2, 0.25) is 0 Å². The van der Waals surface area contributed by atoms with Gasteiger partial charge in [-0.15, -0.1) is 0 Å². The lowest BCUT2D eigenvalue weighted by atomic mass is 9.99. The molecule has 0 aromatic heterocycles. The van der Waals surface area contributed by atoms with Crippen LogP contribution in [0.5, 0.6) is 5.75 Å². The molecular weight excluding hydrogens is 299 g/mol. The quantitative estimate of drug-likeness (QED) is 0.692. The van der Waals surface area contributed by atoms with Crippen LogP contribution in [0.1, 0.15) is 12.0 Å². The Hall–Kier alpha value is -2.89. The largest absolute Gasteiger partial charge is 0.508 e. The van der Waals surface area contributed by atoms with Crippen LogP contribution < -0.4 is 4.90 Å². The van der Waals surface area contributed by atoms with Crippen LogP contribution in [-0.4, -0.2) is 23.1 Å². The monoisotopic (exact) mass is 314 g/mol. The first-order chi connectivity index (χ1) is 11.0. The molecular formula is C17H15FN2O3. The number of phenols is 1. The standard InChI is InChI=1S/C17H15FN2O3/c18-14-3-6-16(20(22)23)17(11-14)19-9-7-13(8-10-19)12-1-4-15(21)5-2-12/h1-7,11,21H,8-10H2. The van der Waals surface area contributed by atoms with E-state index in [1.807, 2.05) is 18.2 Å². The summed E-state index contributed by atoms with van der Waals surface area (Å²) in [5, 5.41) is 20.4. The second kappa shape index (κ2) is 6.08. The summed E-state index contributed by atoms with van der Waals surface area (Å²) in [6, 6.07) is 10.4. The van der Waals surface area contributed by atoms with Crippen molar-refractivity contribution in [2.45, 2.75) is 6.42 Å². The summed E-state index contributed by atoms with van der Waals surface area (Å²) in [6.45, 7) is 1.04. The fraction of sp³-hybridized carbons (Fsp3) is 0.176. The molecule has 0 fully saturated rings. The summed E-state index contributed by atoms with van der Waals surface area (Å²) in [6.07, 6.45) is 2.67. The van der Waals surface area contributed by atoms with E-state index in [0.717, 1.165) is 17.2 Å². The average molecular weight is 314 g/mol. The molecule has 6 heteroatoms. The number of halogens is 1. The lowest BCUT2D eigenvalue weighted by Crippen LogP contribution is -2.28. The number of hydrogen-bond donors (Lipinski definition) is 1. The second-order valence-corrected chi connectivity index (χ2v) is 5.36. The zero-order valence-corrected chi connectivity index (χ0v) is 12.3. The number of nitro benzene ring substituents is 1. The second-order valence-electron chi connectivity index (χ2n) is 5.36. The summed E-state index contributed by atoms with van der Waals surface area (Å²) in [7, 11) is 0. The van der Waals surface area contributed by atoms with E-state index in [0.29, 0.717) is 25.2 Å². The normalized spacial score (nSPS) is 14.5. The number of nitro groups is 1.